The molecule has 1 aliphatic rings. The summed E-state index contributed by atoms with van der Waals surface area (Å²) >= 11 is 0. The van der Waals surface area contributed by atoms with Crippen LogP contribution in [0.4, 0.5) is 5.82 Å². The fourth-order valence-electron chi connectivity index (χ4n) is 3.24. The molecule has 1 heterocycles. The molecule has 2 rings (SSSR count). The van der Waals surface area contributed by atoms with E-state index in [1.54, 1.807) is 0 Å². The first-order valence-corrected chi connectivity index (χ1v) is 8.26. The standard InChI is InChI=1S/C17H28N2O2/c1-2-6-15-11-14(13-21)12-17(18-15)19(9-10-20)16-7-4-3-5-8-16/h11-12,16,20-21H,2-10,13H2,1H3. The Bertz CT molecular complexity index is 431. The second-order valence-electron chi connectivity index (χ2n) is 5.94. The highest BCUT2D eigenvalue weighted by Crippen LogP contribution is 2.27. The first-order chi connectivity index (χ1) is 10.3. The van der Waals surface area contributed by atoms with E-state index in [1.807, 2.05) is 12.1 Å². The fourth-order valence-corrected chi connectivity index (χ4v) is 3.24. The average Bonchev–Trinajstić information content (AvgIpc) is 2.53. The van der Waals surface area contributed by atoms with Crippen molar-refractivity contribution in [1.29, 1.82) is 0 Å². The lowest BCUT2D eigenvalue weighted by molar-refractivity contribution is 0.281. The van der Waals surface area contributed by atoms with Gasteiger partial charge >= 0.3 is 0 Å². The SMILES string of the molecule is CCCc1cc(CO)cc(N(CCO)C2CCCCC2)n1. The predicted molar refractivity (Wildman–Crippen MR) is 85.5 cm³/mol. The van der Waals surface area contributed by atoms with Crippen LogP contribution in [0.2, 0.25) is 0 Å². The second kappa shape index (κ2) is 8.35. The minimum atomic E-state index is 0.0455. The lowest BCUT2D eigenvalue weighted by atomic mass is 9.94. The fraction of sp³-hybridized carbons (Fsp3) is 0.706. The monoisotopic (exact) mass is 292 g/mol. The lowest BCUT2D eigenvalue weighted by Gasteiger charge is -2.35. The molecule has 1 aliphatic carbocycles. The smallest absolute Gasteiger partial charge is 0.129 e. The Morgan fingerprint density at radius 1 is 1.19 bits per heavy atom. The van der Waals surface area contributed by atoms with Crippen LogP contribution in [0.1, 0.15) is 56.7 Å². The molecule has 0 bridgehead atoms. The zero-order chi connectivity index (χ0) is 15.1. The third kappa shape index (κ3) is 4.42. The number of aryl methyl sites for hydroxylation is 1. The number of hydrogen-bond donors (Lipinski definition) is 2. The van der Waals surface area contributed by atoms with Crippen LogP contribution in [0.25, 0.3) is 0 Å². The maximum Gasteiger partial charge on any atom is 0.129 e. The molecule has 0 atom stereocenters. The Balaban J connectivity index is 2.26. The third-order valence-electron chi connectivity index (χ3n) is 4.26. The highest BCUT2D eigenvalue weighted by Gasteiger charge is 2.22. The van der Waals surface area contributed by atoms with E-state index in [4.69, 9.17) is 4.98 Å². The van der Waals surface area contributed by atoms with E-state index < -0.39 is 0 Å². The summed E-state index contributed by atoms with van der Waals surface area (Å²) in [6.45, 7) is 2.95. The van der Waals surface area contributed by atoms with Crippen LogP contribution in [0.5, 0.6) is 0 Å². The van der Waals surface area contributed by atoms with Gasteiger partial charge in [-0.05, 0) is 37.0 Å². The van der Waals surface area contributed by atoms with Crippen LogP contribution in [-0.2, 0) is 13.0 Å². The van der Waals surface area contributed by atoms with Crippen LogP contribution < -0.4 is 4.90 Å². The molecule has 4 nitrogen and oxygen atoms in total. The zero-order valence-electron chi connectivity index (χ0n) is 13.1. The summed E-state index contributed by atoms with van der Waals surface area (Å²) in [6, 6.07) is 4.44. The Labute approximate surface area is 127 Å². The summed E-state index contributed by atoms with van der Waals surface area (Å²) in [7, 11) is 0. The van der Waals surface area contributed by atoms with Gasteiger partial charge < -0.3 is 15.1 Å². The van der Waals surface area contributed by atoms with Crippen molar-refractivity contribution < 1.29 is 10.2 Å². The van der Waals surface area contributed by atoms with Gasteiger partial charge in [0.1, 0.15) is 5.82 Å². The minimum Gasteiger partial charge on any atom is -0.395 e. The third-order valence-corrected chi connectivity index (χ3v) is 4.26. The molecule has 4 heteroatoms. The topological polar surface area (TPSA) is 56.6 Å². The van der Waals surface area contributed by atoms with E-state index in [2.05, 4.69) is 11.8 Å². The van der Waals surface area contributed by atoms with Crippen LogP contribution in [0.15, 0.2) is 12.1 Å². The van der Waals surface area contributed by atoms with Crippen LogP contribution >= 0.6 is 0 Å². The maximum atomic E-state index is 9.48. The maximum absolute atomic E-state index is 9.48. The van der Waals surface area contributed by atoms with Crippen molar-refractivity contribution in [2.24, 2.45) is 0 Å². The van der Waals surface area contributed by atoms with Gasteiger partial charge in [0.2, 0.25) is 0 Å². The Hall–Kier alpha value is -1.13. The Morgan fingerprint density at radius 3 is 2.57 bits per heavy atom. The lowest BCUT2D eigenvalue weighted by Crippen LogP contribution is -2.39. The largest absolute Gasteiger partial charge is 0.395 e. The van der Waals surface area contributed by atoms with Crippen molar-refractivity contribution in [2.45, 2.75) is 64.5 Å². The van der Waals surface area contributed by atoms with E-state index >= 15 is 0 Å². The summed E-state index contributed by atoms with van der Waals surface area (Å²) in [5.74, 6) is 0.922. The van der Waals surface area contributed by atoms with Gasteiger partial charge in [-0.25, -0.2) is 4.98 Å². The molecule has 1 aromatic heterocycles. The first-order valence-electron chi connectivity index (χ1n) is 8.26. The van der Waals surface area contributed by atoms with Gasteiger partial charge in [-0.15, -0.1) is 0 Å². The molecule has 1 saturated carbocycles. The van der Waals surface area contributed by atoms with E-state index in [0.29, 0.717) is 12.6 Å². The predicted octanol–water partition coefficient (Wildman–Crippen LogP) is 2.66. The van der Waals surface area contributed by atoms with E-state index in [9.17, 15) is 10.2 Å². The van der Waals surface area contributed by atoms with E-state index in [0.717, 1.165) is 29.9 Å². The number of rotatable bonds is 7. The molecule has 0 amide bonds. The Kier molecular flexibility index (Phi) is 6.46. The number of hydrogen-bond acceptors (Lipinski definition) is 4. The van der Waals surface area contributed by atoms with Crippen molar-refractivity contribution >= 4 is 5.82 Å². The van der Waals surface area contributed by atoms with Gasteiger partial charge in [0, 0.05) is 18.3 Å². The van der Waals surface area contributed by atoms with Crippen LogP contribution in [0.3, 0.4) is 0 Å². The van der Waals surface area contributed by atoms with E-state index in [-0.39, 0.29) is 13.2 Å². The van der Waals surface area contributed by atoms with Crippen molar-refractivity contribution in [1.82, 2.24) is 4.98 Å². The quantitative estimate of drug-likeness (QED) is 0.811. The number of nitrogens with zero attached hydrogens (tertiary/aromatic N) is 2. The molecule has 0 saturated heterocycles. The van der Waals surface area contributed by atoms with Gasteiger partial charge in [-0.2, -0.15) is 0 Å². The summed E-state index contributed by atoms with van der Waals surface area (Å²) in [5.41, 5.74) is 1.96. The van der Waals surface area contributed by atoms with Gasteiger partial charge in [0.25, 0.3) is 0 Å². The van der Waals surface area contributed by atoms with Crippen molar-refractivity contribution in [3.63, 3.8) is 0 Å². The number of pyridine rings is 1. The van der Waals surface area contributed by atoms with Crippen LogP contribution in [0, 0.1) is 0 Å². The second-order valence-corrected chi connectivity index (χ2v) is 5.94. The Morgan fingerprint density at radius 2 is 1.95 bits per heavy atom. The molecule has 0 spiro atoms. The van der Waals surface area contributed by atoms with E-state index in [1.165, 1.54) is 32.1 Å². The number of anilines is 1. The molecule has 0 aliphatic heterocycles. The van der Waals surface area contributed by atoms with Crippen molar-refractivity contribution in [3.05, 3.63) is 23.4 Å². The molecular formula is C17H28N2O2. The van der Waals surface area contributed by atoms with Crippen molar-refractivity contribution in [3.8, 4) is 0 Å². The molecule has 0 unspecified atom stereocenters. The van der Waals surface area contributed by atoms with Crippen LogP contribution in [-0.4, -0.2) is 34.4 Å². The van der Waals surface area contributed by atoms with Gasteiger partial charge in [-0.3, -0.25) is 0 Å². The van der Waals surface area contributed by atoms with Gasteiger partial charge in [-0.1, -0.05) is 32.6 Å². The summed E-state index contributed by atoms with van der Waals surface area (Å²) in [5, 5.41) is 18.9. The minimum absolute atomic E-state index is 0.0455. The normalized spacial score (nSPS) is 16.1. The van der Waals surface area contributed by atoms with Gasteiger partial charge in [0.15, 0.2) is 0 Å². The molecule has 0 aromatic carbocycles. The number of aliphatic hydroxyl groups is 2. The first kappa shape index (κ1) is 16.2. The molecule has 21 heavy (non-hydrogen) atoms. The molecule has 0 radical (unpaired) electrons. The molecule has 118 valence electrons. The molecular weight excluding hydrogens is 264 g/mol. The zero-order valence-corrected chi connectivity index (χ0v) is 13.1. The van der Waals surface area contributed by atoms with Gasteiger partial charge in [0.05, 0.1) is 13.2 Å². The summed E-state index contributed by atoms with van der Waals surface area (Å²) < 4.78 is 0. The average molecular weight is 292 g/mol. The highest BCUT2D eigenvalue weighted by molar-refractivity contribution is 5.44. The number of aliphatic hydroxyl groups excluding tert-OH is 2. The molecule has 1 fully saturated rings. The number of aromatic nitrogens is 1. The highest BCUT2D eigenvalue weighted by atomic mass is 16.3. The summed E-state index contributed by atoms with van der Waals surface area (Å²) in [6.07, 6.45) is 8.16. The molecule has 2 N–H and O–H groups in total. The molecule has 1 aromatic rings. The summed E-state index contributed by atoms with van der Waals surface area (Å²) in [4.78, 5) is 7.02. The van der Waals surface area contributed by atoms with Crippen molar-refractivity contribution in [2.75, 3.05) is 18.1 Å².